The number of hydrogen-bond acceptors (Lipinski definition) is 9. The number of aromatic nitrogens is 2. The fourth-order valence-electron chi connectivity index (χ4n) is 6.66. The molecule has 1 amide bonds. The maximum atomic E-state index is 15.5. The fourth-order valence-corrected chi connectivity index (χ4v) is 6.66. The van der Waals surface area contributed by atoms with Gasteiger partial charge >= 0.3 is 6.09 Å². The molecule has 2 bridgehead atoms. The molecule has 0 spiro atoms. The second-order valence-electron chi connectivity index (χ2n) is 11.3. The molecule has 11 heteroatoms. The van der Waals surface area contributed by atoms with Gasteiger partial charge in [0.15, 0.2) is 5.82 Å². The van der Waals surface area contributed by atoms with Crippen molar-refractivity contribution >= 4 is 34.1 Å². The number of nitrogens with one attached hydrogen (secondary N) is 2. The third-order valence-corrected chi connectivity index (χ3v) is 8.86. The number of anilines is 3. The molecule has 7 rings (SSSR count). The molecule has 3 fully saturated rings. The van der Waals surface area contributed by atoms with Crippen LogP contribution in [0.4, 0.5) is 26.4 Å². The number of fused-ring (bicyclic) bond motifs is 4. The summed E-state index contributed by atoms with van der Waals surface area (Å²) in [6.45, 7) is 6.52. The highest BCUT2D eigenvalue weighted by atomic mass is 19.1. The molecule has 2 saturated heterocycles. The largest absolute Gasteiger partial charge is 0.474 e. The molecule has 4 aliphatic rings. The van der Waals surface area contributed by atoms with E-state index < -0.39 is 11.9 Å². The van der Waals surface area contributed by atoms with Gasteiger partial charge in [-0.25, -0.2) is 19.2 Å². The first kappa shape index (κ1) is 25.3. The number of amides is 1. The van der Waals surface area contributed by atoms with E-state index in [1.165, 1.54) is 12.6 Å². The molecule has 1 aliphatic carbocycles. The minimum absolute atomic E-state index is 0.00750. The van der Waals surface area contributed by atoms with Crippen LogP contribution in [0.3, 0.4) is 0 Å². The standard InChI is InChI=1S/C29H33FN6O4/c1-15-21(9-34-28-26(15)32-5-6-39-28)20-7-18-8-23(33-10-22(18)25(31)24(20)30)35-29(37)40-27-16-3-2-4-17(27)12-36(11-16)19-13-38-14-19/h7-10,16-17,19,27,32H,2-6,11-14,31H2,1H3,(H,33,35,37). The van der Waals surface area contributed by atoms with Gasteiger partial charge in [-0.05, 0) is 42.8 Å². The Morgan fingerprint density at radius 1 is 1.18 bits per heavy atom. The first-order chi connectivity index (χ1) is 19.5. The molecular formula is C29H33FN6O4. The van der Waals surface area contributed by atoms with Gasteiger partial charge in [-0.15, -0.1) is 0 Å². The number of benzene rings is 1. The Bertz CT molecular complexity index is 1470. The molecule has 1 saturated carbocycles. The van der Waals surface area contributed by atoms with Crippen molar-refractivity contribution in [2.45, 2.75) is 38.3 Å². The lowest BCUT2D eigenvalue weighted by molar-refractivity contribution is -0.120. The van der Waals surface area contributed by atoms with Gasteiger partial charge in [-0.1, -0.05) is 6.42 Å². The minimum Gasteiger partial charge on any atom is -0.474 e. The van der Waals surface area contributed by atoms with E-state index in [-0.39, 0.29) is 11.8 Å². The maximum absolute atomic E-state index is 15.5. The summed E-state index contributed by atoms with van der Waals surface area (Å²) in [6.07, 6.45) is 5.72. The second kappa shape index (κ2) is 10.0. The highest BCUT2D eigenvalue weighted by Gasteiger charge is 2.44. The molecule has 4 N–H and O–H groups in total. The lowest BCUT2D eigenvalue weighted by Gasteiger charge is -2.50. The second-order valence-corrected chi connectivity index (χ2v) is 11.3. The first-order valence-corrected chi connectivity index (χ1v) is 14.0. The number of ether oxygens (including phenoxy) is 3. The number of nitrogens with two attached hydrogens (primary N) is 1. The maximum Gasteiger partial charge on any atom is 0.413 e. The Hall–Kier alpha value is -3.70. The van der Waals surface area contributed by atoms with Gasteiger partial charge in [-0.3, -0.25) is 10.2 Å². The summed E-state index contributed by atoms with van der Waals surface area (Å²) in [5.74, 6) is 0.924. The summed E-state index contributed by atoms with van der Waals surface area (Å²) in [5.41, 5.74) is 8.71. The zero-order valence-electron chi connectivity index (χ0n) is 22.4. The molecule has 10 nitrogen and oxygen atoms in total. The molecule has 2 unspecified atom stereocenters. The van der Waals surface area contributed by atoms with Crippen molar-refractivity contribution in [1.29, 1.82) is 0 Å². The SMILES string of the molecule is Cc1c(-c2cc3cc(NC(=O)OC4C5CCCC4CN(C4COC4)C5)ncc3c(N)c2F)cnc2c1NCCO2. The lowest BCUT2D eigenvalue weighted by Crippen LogP contribution is -2.60. The average Bonchev–Trinajstić information content (AvgIpc) is 2.91. The van der Waals surface area contributed by atoms with Crippen LogP contribution >= 0.6 is 0 Å². The number of rotatable bonds is 4. The Labute approximate surface area is 231 Å². The quantitative estimate of drug-likeness (QED) is 0.412. The smallest absolute Gasteiger partial charge is 0.413 e. The highest BCUT2D eigenvalue weighted by molar-refractivity contribution is 5.99. The van der Waals surface area contributed by atoms with E-state index in [9.17, 15) is 4.79 Å². The molecular weight excluding hydrogens is 515 g/mol. The highest BCUT2D eigenvalue weighted by Crippen LogP contribution is 2.40. The average molecular weight is 549 g/mol. The minimum atomic E-state index is -0.539. The van der Waals surface area contributed by atoms with Crippen LogP contribution in [0, 0.1) is 24.6 Å². The molecule has 40 heavy (non-hydrogen) atoms. The van der Waals surface area contributed by atoms with Gasteiger partial charge in [0.05, 0.1) is 24.9 Å². The Morgan fingerprint density at radius 2 is 1.98 bits per heavy atom. The lowest BCUT2D eigenvalue weighted by atomic mass is 9.74. The van der Waals surface area contributed by atoms with E-state index in [0.717, 1.165) is 50.4 Å². The van der Waals surface area contributed by atoms with Crippen LogP contribution in [-0.4, -0.2) is 72.6 Å². The van der Waals surface area contributed by atoms with E-state index >= 15 is 4.39 Å². The Balaban J connectivity index is 1.12. The molecule has 2 aromatic heterocycles. The number of likely N-dealkylation sites (tertiary alicyclic amines) is 1. The van der Waals surface area contributed by atoms with Gasteiger partial charge in [0.2, 0.25) is 5.88 Å². The first-order valence-electron chi connectivity index (χ1n) is 14.0. The normalized spacial score (nSPS) is 24.4. The molecule has 0 radical (unpaired) electrons. The third kappa shape index (κ3) is 4.37. The monoisotopic (exact) mass is 548 g/mol. The molecule has 3 aromatic rings. The van der Waals surface area contributed by atoms with Crippen LogP contribution in [0.5, 0.6) is 5.88 Å². The van der Waals surface area contributed by atoms with Crippen LogP contribution in [0.25, 0.3) is 21.9 Å². The van der Waals surface area contributed by atoms with Crippen molar-refractivity contribution in [3.63, 3.8) is 0 Å². The summed E-state index contributed by atoms with van der Waals surface area (Å²) in [7, 11) is 0. The molecule has 5 heterocycles. The molecule has 210 valence electrons. The van der Waals surface area contributed by atoms with Gasteiger partial charge in [0.1, 0.15) is 24.2 Å². The fraction of sp³-hybridized carbons (Fsp3) is 0.483. The number of nitrogens with zero attached hydrogens (tertiary/aromatic N) is 3. The third-order valence-electron chi connectivity index (χ3n) is 8.86. The van der Waals surface area contributed by atoms with Gasteiger partial charge in [0, 0.05) is 60.4 Å². The van der Waals surface area contributed by atoms with E-state index in [0.29, 0.717) is 64.6 Å². The summed E-state index contributed by atoms with van der Waals surface area (Å²) < 4.78 is 32.5. The number of hydrogen-bond donors (Lipinski definition) is 3. The van der Waals surface area contributed by atoms with Crippen molar-refractivity contribution in [3.8, 4) is 17.0 Å². The van der Waals surface area contributed by atoms with Crippen molar-refractivity contribution in [3.05, 3.63) is 35.9 Å². The number of nitrogen functional groups attached to an aromatic ring is 1. The summed E-state index contributed by atoms with van der Waals surface area (Å²) in [4.78, 5) is 24.2. The molecule has 1 aromatic carbocycles. The number of piperidine rings is 1. The summed E-state index contributed by atoms with van der Waals surface area (Å²) in [5, 5.41) is 7.19. The Kier molecular flexibility index (Phi) is 6.35. The van der Waals surface area contributed by atoms with E-state index in [1.54, 1.807) is 18.3 Å². The van der Waals surface area contributed by atoms with Gasteiger partial charge in [-0.2, -0.15) is 0 Å². The van der Waals surface area contributed by atoms with Crippen LogP contribution < -0.4 is 21.1 Å². The van der Waals surface area contributed by atoms with Gasteiger partial charge < -0.3 is 25.3 Å². The molecule has 2 atom stereocenters. The summed E-state index contributed by atoms with van der Waals surface area (Å²) in [6, 6.07) is 3.90. The zero-order chi connectivity index (χ0) is 27.4. The van der Waals surface area contributed by atoms with E-state index in [1.807, 2.05) is 6.92 Å². The van der Waals surface area contributed by atoms with Crippen LogP contribution in [0.1, 0.15) is 24.8 Å². The number of pyridine rings is 2. The number of carbonyl (C=O) groups excluding carboxylic acids is 1. The van der Waals surface area contributed by atoms with Crippen molar-refractivity contribution < 1.29 is 23.4 Å². The number of carbonyl (C=O) groups is 1. The van der Waals surface area contributed by atoms with E-state index in [4.69, 9.17) is 19.9 Å². The van der Waals surface area contributed by atoms with Crippen molar-refractivity contribution in [2.75, 3.05) is 55.8 Å². The van der Waals surface area contributed by atoms with Crippen molar-refractivity contribution in [1.82, 2.24) is 14.9 Å². The summed E-state index contributed by atoms with van der Waals surface area (Å²) >= 11 is 0. The van der Waals surface area contributed by atoms with Gasteiger partial charge in [0.25, 0.3) is 0 Å². The number of halogens is 1. The zero-order valence-corrected chi connectivity index (χ0v) is 22.4. The topological polar surface area (TPSA) is 124 Å². The van der Waals surface area contributed by atoms with Crippen LogP contribution in [0.2, 0.25) is 0 Å². The van der Waals surface area contributed by atoms with Crippen LogP contribution in [-0.2, 0) is 9.47 Å². The predicted octanol–water partition coefficient (Wildman–Crippen LogP) is 4.18. The van der Waals surface area contributed by atoms with E-state index in [2.05, 4.69) is 25.5 Å². The molecule has 3 aliphatic heterocycles. The predicted molar refractivity (Wildman–Crippen MR) is 149 cm³/mol. The van der Waals surface area contributed by atoms with Crippen molar-refractivity contribution in [2.24, 2.45) is 11.8 Å². The van der Waals surface area contributed by atoms with Crippen LogP contribution in [0.15, 0.2) is 24.5 Å². The Morgan fingerprint density at radius 3 is 2.73 bits per heavy atom.